The van der Waals surface area contributed by atoms with Crippen LogP contribution in [0.3, 0.4) is 0 Å². The van der Waals surface area contributed by atoms with Crippen molar-refractivity contribution in [1.29, 1.82) is 0 Å². The van der Waals surface area contributed by atoms with Crippen molar-refractivity contribution in [3.63, 3.8) is 0 Å². The van der Waals surface area contributed by atoms with E-state index in [0.717, 1.165) is 27.7 Å². The zero-order valence-electron chi connectivity index (χ0n) is 13.0. The van der Waals surface area contributed by atoms with Gasteiger partial charge in [-0.3, -0.25) is 9.48 Å². The van der Waals surface area contributed by atoms with Crippen molar-refractivity contribution >= 4 is 16.9 Å². The molecule has 22 heavy (non-hydrogen) atoms. The molecule has 0 unspecified atom stereocenters. The predicted molar refractivity (Wildman–Crippen MR) is 84.3 cm³/mol. The van der Waals surface area contributed by atoms with Gasteiger partial charge in [-0.1, -0.05) is 12.1 Å². The van der Waals surface area contributed by atoms with Crippen molar-refractivity contribution in [1.82, 2.24) is 14.7 Å². The van der Waals surface area contributed by atoms with Crippen molar-refractivity contribution in [3.8, 4) is 0 Å². The summed E-state index contributed by atoms with van der Waals surface area (Å²) in [5.41, 5.74) is 3.93. The second-order valence-electron chi connectivity index (χ2n) is 5.71. The summed E-state index contributed by atoms with van der Waals surface area (Å²) in [6.45, 7) is 2.58. The smallest absolute Gasteiger partial charge is 0.227 e. The summed E-state index contributed by atoms with van der Waals surface area (Å²) in [4.78, 5) is 14.1. The van der Waals surface area contributed by atoms with Crippen LogP contribution in [0.5, 0.6) is 0 Å². The van der Waals surface area contributed by atoms with Crippen LogP contribution in [0.4, 0.5) is 0 Å². The number of nitrogens with zero attached hydrogens (tertiary/aromatic N) is 3. The van der Waals surface area contributed by atoms with E-state index in [4.69, 9.17) is 4.42 Å². The van der Waals surface area contributed by atoms with Crippen LogP contribution in [0, 0.1) is 6.92 Å². The summed E-state index contributed by atoms with van der Waals surface area (Å²) in [7, 11) is 3.67. The highest BCUT2D eigenvalue weighted by Crippen LogP contribution is 2.23. The van der Waals surface area contributed by atoms with Crippen LogP contribution in [0.15, 0.2) is 41.3 Å². The van der Waals surface area contributed by atoms with Gasteiger partial charge in [0, 0.05) is 43.4 Å². The fraction of sp³-hybridized carbons (Fsp3) is 0.294. The van der Waals surface area contributed by atoms with Gasteiger partial charge in [-0.2, -0.15) is 5.10 Å². The van der Waals surface area contributed by atoms with Gasteiger partial charge in [-0.15, -0.1) is 0 Å². The summed E-state index contributed by atoms with van der Waals surface area (Å²) in [5.74, 6) is 0.0622. The molecular weight excluding hydrogens is 278 g/mol. The number of aromatic nitrogens is 2. The van der Waals surface area contributed by atoms with Gasteiger partial charge < -0.3 is 9.32 Å². The molecule has 1 aromatic carbocycles. The predicted octanol–water partition coefficient (Wildman–Crippen LogP) is 2.68. The van der Waals surface area contributed by atoms with Crippen molar-refractivity contribution in [3.05, 3.63) is 53.5 Å². The van der Waals surface area contributed by atoms with Crippen LogP contribution in [0.1, 0.15) is 16.7 Å². The van der Waals surface area contributed by atoms with E-state index in [1.807, 2.05) is 45.4 Å². The Hall–Kier alpha value is -2.56. The molecule has 3 aromatic rings. The molecule has 0 N–H and O–H groups in total. The van der Waals surface area contributed by atoms with E-state index < -0.39 is 0 Å². The molecule has 0 saturated heterocycles. The zero-order valence-corrected chi connectivity index (χ0v) is 13.0. The Balaban J connectivity index is 1.72. The van der Waals surface area contributed by atoms with Crippen LogP contribution in [-0.2, 0) is 24.8 Å². The third-order valence-electron chi connectivity index (χ3n) is 3.76. The number of rotatable bonds is 4. The molecule has 0 saturated carbocycles. The Morgan fingerprint density at radius 1 is 1.41 bits per heavy atom. The van der Waals surface area contributed by atoms with Gasteiger partial charge in [0.05, 0.1) is 18.9 Å². The molecule has 2 aromatic heterocycles. The Bertz CT molecular complexity index is 816. The van der Waals surface area contributed by atoms with E-state index in [2.05, 4.69) is 5.10 Å². The van der Waals surface area contributed by atoms with Crippen molar-refractivity contribution < 1.29 is 9.21 Å². The highest BCUT2D eigenvalue weighted by Gasteiger charge is 2.14. The topological polar surface area (TPSA) is 51.3 Å². The van der Waals surface area contributed by atoms with Gasteiger partial charge >= 0.3 is 0 Å². The second kappa shape index (κ2) is 5.67. The Kier molecular flexibility index (Phi) is 3.71. The minimum Gasteiger partial charge on any atom is -0.464 e. The average molecular weight is 297 g/mol. The van der Waals surface area contributed by atoms with E-state index >= 15 is 0 Å². The fourth-order valence-electron chi connectivity index (χ4n) is 2.54. The number of carbonyl (C=O) groups is 1. The summed E-state index contributed by atoms with van der Waals surface area (Å²) in [6.07, 6.45) is 5.71. The summed E-state index contributed by atoms with van der Waals surface area (Å²) >= 11 is 0. The molecule has 5 nitrogen and oxygen atoms in total. The normalized spacial score (nSPS) is 11.0. The molecule has 2 heterocycles. The SMILES string of the molecule is Cc1ccc2c(CC(=O)N(C)Cc3cnn(C)c3)coc2c1. The maximum atomic E-state index is 12.4. The number of aryl methyl sites for hydroxylation is 2. The van der Waals surface area contributed by atoms with E-state index in [0.29, 0.717) is 13.0 Å². The number of benzene rings is 1. The Morgan fingerprint density at radius 2 is 2.23 bits per heavy atom. The van der Waals surface area contributed by atoms with Crippen molar-refractivity contribution in [2.75, 3.05) is 7.05 Å². The van der Waals surface area contributed by atoms with Gasteiger partial charge in [-0.05, 0) is 18.6 Å². The van der Waals surface area contributed by atoms with Crippen LogP contribution in [-0.4, -0.2) is 27.6 Å². The van der Waals surface area contributed by atoms with E-state index in [9.17, 15) is 4.79 Å². The molecule has 114 valence electrons. The fourth-order valence-corrected chi connectivity index (χ4v) is 2.54. The molecule has 0 fully saturated rings. The molecule has 1 amide bonds. The lowest BCUT2D eigenvalue weighted by atomic mass is 10.1. The first-order chi connectivity index (χ1) is 10.5. The molecule has 0 spiro atoms. The number of carbonyl (C=O) groups excluding carboxylic acids is 1. The Labute approximate surface area is 129 Å². The van der Waals surface area contributed by atoms with Gasteiger partial charge in [0.2, 0.25) is 5.91 Å². The van der Waals surface area contributed by atoms with Crippen LogP contribution in [0.25, 0.3) is 11.0 Å². The number of likely N-dealkylation sites (N-methyl/N-ethyl adjacent to an activating group) is 1. The maximum Gasteiger partial charge on any atom is 0.227 e. The molecular formula is C17H19N3O2. The summed E-state index contributed by atoms with van der Waals surface area (Å²) in [5, 5.41) is 5.13. The van der Waals surface area contributed by atoms with Gasteiger partial charge in [-0.25, -0.2) is 0 Å². The minimum atomic E-state index is 0.0622. The lowest BCUT2D eigenvalue weighted by molar-refractivity contribution is -0.129. The monoisotopic (exact) mass is 297 g/mol. The molecule has 0 aliphatic heterocycles. The third-order valence-corrected chi connectivity index (χ3v) is 3.76. The van der Waals surface area contributed by atoms with Crippen molar-refractivity contribution in [2.24, 2.45) is 7.05 Å². The lowest BCUT2D eigenvalue weighted by Gasteiger charge is -2.15. The maximum absolute atomic E-state index is 12.4. The third kappa shape index (κ3) is 2.88. The molecule has 0 bridgehead atoms. The molecule has 0 radical (unpaired) electrons. The molecule has 0 aliphatic carbocycles. The zero-order chi connectivity index (χ0) is 15.7. The summed E-state index contributed by atoms with van der Waals surface area (Å²) in [6, 6.07) is 6.03. The summed E-state index contributed by atoms with van der Waals surface area (Å²) < 4.78 is 7.28. The first kappa shape index (κ1) is 14.4. The first-order valence-corrected chi connectivity index (χ1v) is 7.21. The van der Waals surface area contributed by atoms with Crippen molar-refractivity contribution in [2.45, 2.75) is 19.9 Å². The van der Waals surface area contributed by atoms with Crippen LogP contribution < -0.4 is 0 Å². The number of hydrogen-bond donors (Lipinski definition) is 0. The number of hydrogen-bond acceptors (Lipinski definition) is 3. The minimum absolute atomic E-state index is 0.0622. The van der Waals surface area contributed by atoms with Gasteiger partial charge in [0.15, 0.2) is 0 Å². The quantitative estimate of drug-likeness (QED) is 0.744. The Morgan fingerprint density at radius 3 is 2.95 bits per heavy atom. The highest BCUT2D eigenvalue weighted by atomic mass is 16.3. The van der Waals surface area contributed by atoms with E-state index in [1.54, 1.807) is 22.0 Å². The highest BCUT2D eigenvalue weighted by molar-refractivity contribution is 5.87. The van der Waals surface area contributed by atoms with Crippen LogP contribution in [0.2, 0.25) is 0 Å². The average Bonchev–Trinajstić information content (AvgIpc) is 3.05. The van der Waals surface area contributed by atoms with E-state index in [-0.39, 0.29) is 5.91 Å². The molecule has 3 rings (SSSR count). The molecule has 0 atom stereocenters. The van der Waals surface area contributed by atoms with Gasteiger partial charge in [0.1, 0.15) is 5.58 Å². The van der Waals surface area contributed by atoms with Crippen LogP contribution >= 0.6 is 0 Å². The second-order valence-corrected chi connectivity index (χ2v) is 5.71. The molecule has 5 heteroatoms. The first-order valence-electron chi connectivity index (χ1n) is 7.21. The molecule has 0 aliphatic rings. The van der Waals surface area contributed by atoms with Gasteiger partial charge in [0.25, 0.3) is 0 Å². The number of fused-ring (bicyclic) bond motifs is 1. The lowest BCUT2D eigenvalue weighted by Crippen LogP contribution is -2.27. The number of amides is 1. The van der Waals surface area contributed by atoms with E-state index in [1.165, 1.54) is 0 Å². The largest absolute Gasteiger partial charge is 0.464 e. The number of furan rings is 1. The standard InChI is InChI=1S/C17H19N3O2/c1-12-4-5-15-14(11-22-16(15)6-12)7-17(21)19(2)9-13-8-18-20(3)10-13/h4-6,8,10-11H,7,9H2,1-3H3.